The predicted octanol–water partition coefficient (Wildman–Crippen LogP) is 2.51. The summed E-state index contributed by atoms with van der Waals surface area (Å²) in [6.07, 6.45) is 1.64. The third kappa shape index (κ3) is 2.69. The SMILES string of the molecule is Cc1cc(C(=O)N2CC3CN(c4ncnc(C)c4C)CC3C2)c(C)o1. The summed E-state index contributed by atoms with van der Waals surface area (Å²) in [7, 11) is 0. The zero-order valence-corrected chi connectivity index (χ0v) is 15.2. The highest BCUT2D eigenvalue weighted by atomic mass is 16.3. The summed E-state index contributed by atoms with van der Waals surface area (Å²) in [5.41, 5.74) is 2.89. The topological polar surface area (TPSA) is 62.5 Å². The molecule has 2 unspecified atom stereocenters. The van der Waals surface area contributed by atoms with Crippen LogP contribution in [0, 0.1) is 39.5 Å². The quantitative estimate of drug-likeness (QED) is 0.840. The van der Waals surface area contributed by atoms with Crippen molar-refractivity contribution in [2.75, 3.05) is 31.1 Å². The molecular formula is C19H24N4O2. The van der Waals surface area contributed by atoms with Crippen molar-refractivity contribution in [3.05, 3.63) is 40.7 Å². The summed E-state index contributed by atoms with van der Waals surface area (Å²) >= 11 is 0. The van der Waals surface area contributed by atoms with E-state index in [0.29, 0.717) is 23.2 Å². The van der Waals surface area contributed by atoms with E-state index in [2.05, 4.69) is 21.8 Å². The van der Waals surface area contributed by atoms with E-state index in [9.17, 15) is 4.79 Å². The van der Waals surface area contributed by atoms with E-state index < -0.39 is 0 Å². The second kappa shape index (κ2) is 5.86. The number of hydrogen-bond acceptors (Lipinski definition) is 5. The van der Waals surface area contributed by atoms with Crippen molar-refractivity contribution in [3.63, 3.8) is 0 Å². The summed E-state index contributed by atoms with van der Waals surface area (Å²) in [4.78, 5) is 25.9. The van der Waals surface area contributed by atoms with Crippen LogP contribution in [0.15, 0.2) is 16.8 Å². The fourth-order valence-electron chi connectivity index (χ4n) is 4.19. The molecule has 0 spiro atoms. The molecule has 2 aromatic rings. The van der Waals surface area contributed by atoms with Gasteiger partial charge in [0, 0.05) is 49.3 Å². The van der Waals surface area contributed by atoms with Crippen molar-refractivity contribution in [1.82, 2.24) is 14.9 Å². The molecule has 2 aliphatic heterocycles. The lowest BCUT2D eigenvalue weighted by Crippen LogP contribution is -2.33. The van der Waals surface area contributed by atoms with Crippen LogP contribution in [-0.4, -0.2) is 47.0 Å². The lowest BCUT2D eigenvalue weighted by molar-refractivity contribution is 0.0781. The Hall–Kier alpha value is -2.37. The molecular weight excluding hydrogens is 316 g/mol. The molecule has 2 fully saturated rings. The number of hydrogen-bond donors (Lipinski definition) is 0. The van der Waals surface area contributed by atoms with Gasteiger partial charge in [-0.1, -0.05) is 0 Å². The van der Waals surface area contributed by atoms with Gasteiger partial charge in [-0.05, 0) is 33.8 Å². The molecule has 4 rings (SSSR count). The first-order chi connectivity index (χ1) is 11.9. The first kappa shape index (κ1) is 16.1. The van der Waals surface area contributed by atoms with Crippen molar-refractivity contribution >= 4 is 11.7 Å². The highest BCUT2D eigenvalue weighted by Gasteiger charge is 2.42. The van der Waals surface area contributed by atoms with Crippen molar-refractivity contribution in [3.8, 4) is 0 Å². The van der Waals surface area contributed by atoms with Crippen LogP contribution in [0.2, 0.25) is 0 Å². The molecule has 0 N–H and O–H groups in total. The molecule has 132 valence electrons. The van der Waals surface area contributed by atoms with Crippen LogP contribution < -0.4 is 4.90 Å². The minimum Gasteiger partial charge on any atom is -0.466 e. The smallest absolute Gasteiger partial charge is 0.257 e. The highest BCUT2D eigenvalue weighted by Crippen LogP contribution is 2.35. The molecule has 0 aromatic carbocycles. The Morgan fingerprint density at radius 1 is 1.08 bits per heavy atom. The summed E-state index contributed by atoms with van der Waals surface area (Å²) < 4.78 is 5.52. The minimum absolute atomic E-state index is 0.101. The normalized spacial score (nSPS) is 22.6. The van der Waals surface area contributed by atoms with Gasteiger partial charge in [-0.15, -0.1) is 0 Å². The first-order valence-corrected chi connectivity index (χ1v) is 8.83. The van der Waals surface area contributed by atoms with Gasteiger partial charge in [0.05, 0.1) is 5.56 Å². The molecule has 2 aromatic heterocycles. The number of rotatable bonds is 2. The zero-order chi connectivity index (χ0) is 17.7. The monoisotopic (exact) mass is 340 g/mol. The Bertz CT molecular complexity index is 815. The van der Waals surface area contributed by atoms with Crippen LogP contribution in [0.3, 0.4) is 0 Å². The molecule has 2 aliphatic rings. The standard InChI is InChI=1S/C19H24N4O2/c1-11-5-17(14(4)25-11)19(24)23-8-15-6-22(7-16(15)9-23)18-12(2)13(3)20-10-21-18/h5,10,15-16H,6-9H2,1-4H3. The molecule has 25 heavy (non-hydrogen) atoms. The van der Waals surface area contributed by atoms with E-state index in [1.54, 1.807) is 6.33 Å². The van der Waals surface area contributed by atoms with Crippen molar-refractivity contribution in [2.45, 2.75) is 27.7 Å². The molecule has 1 amide bonds. The van der Waals surface area contributed by atoms with E-state index in [4.69, 9.17) is 4.42 Å². The molecule has 4 heterocycles. The van der Waals surface area contributed by atoms with Gasteiger partial charge >= 0.3 is 0 Å². The summed E-state index contributed by atoms with van der Waals surface area (Å²) in [6, 6.07) is 1.85. The number of furan rings is 1. The van der Waals surface area contributed by atoms with Crippen LogP contribution in [0.4, 0.5) is 5.82 Å². The number of anilines is 1. The second-order valence-corrected chi connectivity index (χ2v) is 7.37. The van der Waals surface area contributed by atoms with Gasteiger partial charge in [0.2, 0.25) is 0 Å². The number of carbonyl (C=O) groups is 1. The number of amides is 1. The average Bonchev–Trinajstić information content (AvgIpc) is 3.22. The number of carbonyl (C=O) groups excluding carboxylic acids is 1. The molecule has 2 atom stereocenters. The molecule has 0 bridgehead atoms. The van der Waals surface area contributed by atoms with Gasteiger partial charge in [-0.25, -0.2) is 9.97 Å². The predicted molar refractivity (Wildman–Crippen MR) is 94.8 cm³/mol. The Kier molecular flexibility index (Phi) is 3.78. The minimum atomic E-state index is 0.101. The lowest BCUT2D eigenvalue weighted by atomic mass is 10.0. The second-order valence-electron chi connectivity index (χ2n) is 7.37. The van der Waals surface area contributed by atoms with Crippen LogP contribution >= 0.6 is 0 Å². The van der Waals surface area contributed by atoms with Crippen molar-refractivity contribution in [1.29, 1.82) is 0 Å². The molecule has 2 saturated heterocycles. The van der Waals surface area contributed by atoms with E-state index in [0.717, 1.165) is 49.0 Å². The van der Waals surface area contributed by atoms with Gasteiger partial charge in [0.25, 0.3) is 5.91 Å². The van der Waals surface area contributed by atoms with Gasteiger partial charge in [0.1, 0.15) is 23.7 Å². The third-order valence-corrected chi connectivity index (χ3v) is 5.65. The molecule has 0 radical (unpaired) electrons. The zero-order valence-electron chi connectivity index (χ0n) is 15.2. The van der Waals surface area contributed by atoms with Crippen LogP contribution in [0.1, 0.15) is 33.1 Å². The molecule has 6 nitrogen and oxygen atoms in total. The highest BCUT2D eigenvalue weighted by molar-refractivity contribution is 5.95. The maximum Gasteiger partial charge on any atom is 0.257 e. The van der Waals surface area contributed by atoms with Crippen molar-refractivity contribution < 1.29 is 9.21 Å². The molecule has 6 heteroatoms. The number of likely N-dealkylation sites (tertiary alicyclic amines) is 1. The fourth-order valence-corrected chi connectivity index (χ4v) is 4.19. The maximum atomic E-state index is 12.8. The number of aryl methyl sites for hydroxylation is 3. The van der Waals surface area contributed by atoms with Gasteiger partial charge in [0.15, 0.2) is 0 Å². The van der Waals surface area contributed by atoms with E-state index in [-0.39, 0.29) is 5.91 Å². The number of fused-ring (bicyclic) bond motifs is 1. The van der Waals surface area contributed by atoms with Gasteiger partial charge in [-0.2, -0.15) is 0 Å². The Morgan fingerprint density at radius 3 is 2.36 bits per heavy atom. The molecule has 0 aliphatic carbocycles. The van der Waals surface area contributed by atoms with Gasteiger partial charge in [-0.3, -0.25) is 4.79 Å². The largest absolute Gasteiger partial charge is 0.466 e. The van der Waals surface area contributed by atoms with Crippen LogP contribution in [0.25, 0.3) is 0 Å². The number of nitrogens with zero attached hydrogens (tertiary/aromatic N) is 4. The summed E-state index contributed by atoms with van der Waals surface area (Å²) in [5.74, 6) is 3.67. The Balaban J connectivity index is 1.46. The first-order valence-electron chi connectivity index (χ1n) is 8.83. The Morgan fingerprint density at radius 2 is 1.76 bits per heavy atom. The van der Waals surface area contributed by atoms with Crippen LogP contribution in [0.5, 0.6) is 0 Å². The number of aromatic nitrogens is 2. The lowest BCUT2D eigenvalue weighted by Gasteiger charge is -2.23. The van der Waals surface area contributed by atoms with E-state index in [1.807, 2.05) is 31.7 Å². The maximum absolute atomic E-state index is 12.8. The summed E-state index contributed by atoms with van der Waals surface area (Å²) in [6.45, 7) is 11.4. The average molecular weight is 340 g/mol. The van der Waals surface area contributed by atoms with E-state index >= 15 is 0 Å². The fraction of sp³-hybridized carbons (Fsp3) is 0.526. The van der Waals surface area contributed by atoms with Crippen molar-refractivity contribution in [2.24, 2.45) is 11.8 Å². The molecule has 0 saturated carbocycles. The van der Waals surface area contributed by atoms with Crippen LogP contribution in [-0.2, 0) is 0 Å². The van der Waals surface area contributed by atoms with Gasteiger partial charge < -0.3 is 14.2 Å². The summed E-state index contributed by atoms with van der Waals surface area (Å²) in [5, 5.41) is 0. The van der Waals surface area contributed by atoms with E-state index in [1.165, 1.54) is 0 Å². The Labute approximate surface area is 147 Å². The third-order valence-electron chi connectivity index (χ3n) is 5.65.